The van der Waals surface area contributed by atoms with Crippen LogP contribution >= 0.6 is 11.3 Å². The van der Waals surface area contributed by atoms with Gasteiger partial charge in [0.2, 0.25) is 0 Å². The van der Waals surface area contributed by atoms with Gasteiger partial charge in [-0.1, -0.05) is 44.2 Å². The fourth-order valence-corrected chi connectivity index (χ4v) is 3.33. The second-order valence-corrected chi connectivity index (χ2v) is 6.22. The van der Waals surface area contributed by atoms with E-state index in [1.807, 2.05) is 11.3 Å². The van der Waals surface area contributed by atoms with Crippen molar-refractivity contribution >= 4 is 16.5 Å². The SMILES string of the molecule is CCNCc1sc(N(C)CCc2ccccc2)nc1CC. The van der Waals surface area contributed by atoms with Gasteiger partial charge >= 0.3 is 0 Å². The van der Waals surface area contributed by atoms with Crippen molar-refractivity contribution in [2.45, 2.75) is 33.2 Å². The highest BCUT2D eigenvalue weighted by Crippen LogP contribution is 2.26. The van der Waals surface area contributed by atoms with E-state index in [1.165, 1.54) is 16.1 Å². The Morgan fingerprint density at radius 1 is 1.19 bits per heavy atom. The molecule has 21 heavy (non-hydrogen) atoms. The van der Waals surface area contributed by atoms with Crippen molar-refractivity contribution in [2.24, 2.45) is 0 Å². The lowest BCUT2D eigenvalue weighted by molar-refractivity contribution is 0.727. The molecular formula is C17H25N3S. The van der Waals surface area contributed by atoms with Crippen molar-refractivity contribution in [1.29, 1.82) is 0 Å². The molecule has 0 amide bonds. The van der Waals surface area contributed by atoms with E-state index >= 15 is 0 Å². The molecule has 0 unspecified atom stereocenters. The highest BCUT2D eigenvalue weighted by atomic mass is 32.1. The fraction of sp³-hybridized carbons (Fsp3) is 0.471. The lowest BCUT2D eigenvalue weighted by atomic mass is 10.1. The number of likely N-dealkylation sites (N-methyl/N-ethyl adjacent to an activating group) is 1. The Hall–Kier alpha value is -1.39. The lowest BCUT2D eigenvalue weighted by Gasteiger charge is -2.15. The Morgan fingerprint density at radius 3 is 2.62 bits per heavy atom. The molecule has 0 aliphatic carbocycles. The molecule has 1 heterocycles. The predicted molar refractivity (Wildman–Crippen MR) is 92.3 cm³/mol. The van der Waals surface area contributed by atoms with Crippen LogP contribution in [0.4, 0.5) is 5.13 Å². The van der Waals surface area contributed by atoms with E-state index in [2.05, 4.69) is 61.4 Å². The molecule has 2 rings (SSSR count). The standard InChI is InChI=1S/C17H25N3S/c1-4-15-16(13-18-5-2)21-17(19-15)20(3)12-11-14-9-7-6-8-10-14/h6-10,18H,4-5,11-13H2,1-3H3. The third-order valence-electron chi connectivity index (χ3n) is 3.54. The molecule has 0 aliphatic rings. The fourth-order valence-electron chi connectivity index (χ4n) is 2.22. The molecule has 0 saturated heterocycles. The van der Waals surface area contributed by atoms with Crippen molar-refractivity contribution in [3.05, 3.63) is 46.5 Å². The number of nitrogens with one attached hydrogen (secondary N) is 1. The Kier molecular flexibility index (Phi) is 6.21. The molecule has 1 N–H and O–H groups in total. The zero-order chi connectivity index (χ0) is 15.1. The predicted octanol–water partition coefficient (Wildman–Crippen LogP) is 3.49. The zero-order valence-electron chi connectivity index (χ0n) is 13.2. The van der Waals surface area contributed by atoms with Gasteiger partial charge in [-0.05, 0) is 24.9 Å². The molecule has 0 radical (unpaired) electrons. The summed E-state index contributed by atoms with van der Waals surface area (Å²) in [6, 6.07) is 10.6. The van der Waals surface area contributed by atoms with Crippen LogP contribution in [0.5, 0.6) is 0 Å². The van der Waals surface area contributed by atoms with Crippen LogP contribution in [-0.4, -0.2) is 25.1 Å². The van der Waals surface area contributed by atoms with Crippen LogP contribution in [0.1, 0.15) is 30.0 Å². The minimum absolute atomic E-state index is 0.934. The molecule has 0 saturated carbocycles. The summed E-state index contributed by atoms with van der Waals surface area (Å²) in [5, 5.41) is 4.54. The van der Waals surface area contributed by atoms with Gasteiger partial charge in [0.15, 0.2) is 5.13 Å². The van der Waals surface area contributed by atoms with Crippen LogP contribution < -0.4 is 10.2 Å². The molecule has 0 spiro atoms. The first-order chi connectivity index (χ1) is 10.2. The third kappa shape index (κ3) is 4.55. The van der Waals surface area contributed by atoms with Crippen molar-refractivity contribution in [2.75, 3.05) is 25.0 Å². The summed E-state index contributed by atoms with van der Waals surface area (Å²) in [4.78, 5) is 8.44. The van der Waals surface area contributed by atoms with E-state index < -0.39 is 0 Å². The first-order valence-electron chi connectivity index (χ1n) is 7.69. The molecule has 0 fully saturated rings. The van der Waals surface area contributed by atoms with Crippen molar-refractivity contribution in [3.8, 4) is 0 Å². The van der Waals surface area contributed by atoms with Crippen molar-refractivity contribution in [3.63, 3.8) is 0 Å². The molecule has 1 aromatic carbocycles. The lowest BCUT2D eigenvalue weighted by Crippen LogP contribution is -2.20. The molecule has 0 bridgehead atoms. The summed E-state index contributed by atoms with van der Waals surface area (Å²) in [6.45, 7) is 7.25. The number of hydrogen-bond acceptors (Lipinski definition) is 4. The van der Waals surface area contributed by atoms with Crippen LogP contribution in [0.15, 0.2) is 30.3 Å². The summed E-state index contributed by atoms with van der Waals surface area (Å²) in [6.07, 6.45) is 2.06. The second kappa shape index (κ2) is 8.15. The molecule has 0 aliphatic heterocycles. The summed E-state index contributed by atoms with van der Waals surface area (Å²) < 4.78 is 0. The Bertz CT molecular complexity index is 536. The second-order valence-electron chi connectivity index (χ2n) is 5.16. The maximum atomic E-state index is 4.80. The summed E-state index contributed by atoms with van der Waals surface area (Å²) >= 11 is 1.82. The van der Waals surface area contributed by atoms with Crippen LogP contribution in [0.3, 0.4) is 0 Å². The van der Waals surface area contributed by atoms with Gasteiger partial charge in [-0.2, -0.15) is 0 Å². The van der Waals surface area contributed by atoms with E-state index in [0.717, 1.165) is 37.6 Å². The normalized spacial score (nSPS) is 10.8. The Morgan fingerprint density at radius 2 is 1.95 bits per heavy atom. The van der Waals surface area contributed by atoms with Gasteiger partial charge in [0, 0.05) is 25.0 Å². The number of aryl methyl sites for hydroxylation is 1. The van der Waals surface area contributed by atoms with Gasteiger partial charge in [-0.3, -0.25) is 0 Å². The molecule has 1 aromatic heterocycles. The average molecular weight is 303 g/mol. The first-order valence-corrected chi connectivity index (χ1v) is 8.50. The molecule has 2 aromatic rings. The Labute approximate surface area is 132 Å². The van der Waals surface area contributed by atoms with E-state index in [1.54, 1.807) is 0 Å². The Balaban J connectivity index is 1.98. The highest BCUT2D eigenvalue weighted by molar-refractivity contribution is 7.15. The number of rotatable bonds is 8. The van der Waals surface area contributed by atoms with Gasteiger partial charge in [0.05, 0.1) is 5.69 Å². The van der Waals surface area contributed by atoms with Gasteiger partial charge < -0.3 is 10.2 Å². The zero-order valence-corrected chi connectivity index (χ0v) is 14.0. The topological polar surface area (TPSA) is 28.2 Å². The van der Waals surface area contributed by atoms with E-state index in [9.17, 15) is 0 Å². The summed E-state index contributed by atoms with van der Waals surface area (Å²) in [5.41, 5.74) is 2.62. The van der Waals surface area contributed by atoms with E-state index in [4.69, 9.17) is 4.98 Å². The number of anilines is 1. The van der Waals surface area contributed by atoms with Gasteiger partial charge in [0.1, 0.15) is 0 Å². The minimum atomic E-state index is 0.934. The van der Waals surface area contributed by atoms with E-state index in [0.29, 0.717) is 0 Å². The van der Waals surface area contributed by atoms with Gasteiger partial charge in [-0.15, -0.1) is 11.3 Å². The minimum Gasteiger partial charge on any atom is -0.351 e. The highest BCUT2D eigenvalue weighted by Gasteiger charge is 2.12. The number of benzene rings is 1. The maximum absolute atomic E-state index is 4.80. The van der Waals surface area contributed by atoms with Gasteiger partial charge in [-0.25, -0.2) is 4.98 Å². The largest absolute Gasteiger partial charge is 0.351 e. The van der Waals surface area contributed by atoms with Crippen molar-refractivity contribution < 1.29 is 0 Å². The van der Waals surface area contributed by atoms with Crippen LogP contribution in [0.25, 0.3) is 0 Å². The van der Waals surface area contributed by atoms with Crippen LogP contribution in [-0.2, 0) is 19.4 Å². The summed E-state index contributed by atoms with van der Waals surface area (Å²) in [5.74, 6) is 0. The molecular weight excluding hydrogens is 278 g/mol. The number of nitrogens with zero attached hydrogens (tertiary/aromatic N) is 2. The maximum Gasteiger partial charge on any atom is 0.185 e. The quantitative estimate of drug-likeness (QED) is 0.809. The number of thiazole rings is 1. The monoisotopic (exact) mass is 303 g/mol. The molecule has 114 valence electrons. The van der Waals surface area contributed by atoms with Crippen LogP contribution in [0, 0.1) is 0 Å². The average Bonchev–Trinajstić information content (AvgIpc) is 2.95. The summed E-state index contributed by atoms with van der Waals surface area (Å²) in [7, 11) is 2.14. The smallest absolute Gasteiger partial charge is 0.185 e. The van der Waals surface area contributed by atoms with Gasteiger partial charge in [0.25, 0.3) is 0 Å². The third-order valence-corrected chi connectivity index (χ3v) is 4.75. The van der Waals surface area contributed by atoms with E-state index in [-0.39, 0.29) is 0 Å². The molecule has 4 heteroatoms. The molecule has 0 atom stereocenters. The number of hydrogen-bond donors (Lipinski definition) is 1. The number of aromatic nitrogens is 1. The van der Waals surface area contributed by atoms with Crippen molar-refractivity contribution in [1.82, 2.24) is 10.3 Å². The van der Waals surface area contributed by atoms with Crippen LogP contribution in [0.2, 0.25) is 0 Å². The molecule has 3 nitrogen and oxygen atoms in total. The first kappa shape index (κ1) is 16.0.